The van der Waals surface area contributed by atoms with E-state index >= 15 is 0 Å². The van der Waals surface area contributed by atoms with Crippen LogP contribution in [0.1, 0.15) is 52.4 Å². The molecule has 110 valence electrons. The summed E-state index contributed by atoms with van der Waals surface area (Å²) in [6.45, 7) is 3.50. The first-order valence-corrected chi connectivity index (χ1v) is 6.49. The minimum Gasteiger partial charge on any atom is -0.478 e. The molecule has 0 bridgehead atoms. The van der Waals surface area contributed by atoms with Gasteiger partial charge >= 0.3 is 17.9 Å². The Hall–Kier alpha value is -1.56. The molecule has 0 amide bonds. The summed E-state index contributed by atoms with van der Waals surface area (Å²) >= 11 is 0. The van der Waals surface area contributed by atoms with Crippen LogP contribution < -0.4 is 0 Å². The lowest BCUT2D eigenvalue weighted by Crippen LogP contribution is -2.11. The van der Waals surface area contributed by atoms with E-state index in [1.165, 1.54) is 0 Å². The minimum absolute atomic E-state index is 0.114. The summed E-state index contributed by atoms with van der Waals surface area (Å²) in [6.07, 6.45) is 2.00. The molecule has 6 nitrogen and oxygen atoms in total. The monoisotopic (exact) mass is 274 g/mol. The second-order valence-corrected chi connectivity index (χ2v) is 4.00. The highest BCUT2D eigenvalue weighted by molar-refractivity contribution is 5.71. The highest BCUT2D eigenvalue weighted by Crippen LogP contribution is 2.14. The molecule has 0 aromatic heterocycles. The van der Waals surface area contributed by atoms with Gasteiger partial charge in [0.1, 0.15) is 0 Å². The van der Waals surface area contributed by atoms with E-state index in [-0.39, 0.29) is 31.6 Å². The zero-order valence-electron chi connectivity index (χ0n) is 11.5. The molecule has 0 spiro atoms. The molecule has 0 atom stereocenters. The van der Waals surface area contributed by atoms with Crippen LogP contribution in [0.3, 0.4) is 0 Å². The number of aliphatic hydroxyl groups excluding tert-OH is 2. The lowest BCUT2D eigenvalue weighted by molar-refractivity contribution is -0.147. The molecule has 0 saturated carbocycles. The van der Waals surface area contributed by atoms with Crippen LogP contribution in [0.5, 0.6) is 0 Å². The van der Waals surface area contributed by atoms with Crippen molar-refractivity contribution in [2.45, 2.75) is 52.4 Å². The standard InChI is InChI=1S/C13H22O6/c1-3-6-11(15)18-10(8-5-9-14)13(17)19-12(16)7-4-2/h14,17H,3-9H2,1-2H3/b13-10-. The van der Waals surface area contributed by atoms with E-state index in [1.807, 2.05) is 6.92 Å². The smallest absolute Gasteiger partial charge is 0.325 e. The Labute approximate surface area is 113 Å². The average Bonchev–Trinajstić information content (AvgIpc) is 2.34. The zero-order chi connectivity index (χ0) is 14.7. The second-order valence-electron chi connectivity index (χ2n) is 4.00. The SMILES string of the molecule is CCCC(=O)O/C(O)=C(/CCCO)OC(=O)CCC. The van der Waals surface area contributed by atoms with E-state index in [2.05, 4.69) is 4.74 Å². The van der Waals surface area contributed by atoms with Gasteiger partial charge in [-0.3, -0.25) is 9.59 Å². The van der Waals surface area contributed by atoms with E-state index in [0.717, 1.165) is 0 Å². The van der Waals surface area contributed by atoms with Gasteiger partial charge in [-0.15, -0.1) is 0 Å². The molecule has 0 aliphatic rings. The average molecular weight is 274 g/mol. The molecular formula is C13H22O6. The molecule has 0 aromatic rings. The van der Waals surface area contributed by atoms with E-state index in [4.69, 9.17) is 9.84 Å². The van der Waals surface area contributed by atoms with Crippen LogP contribution >= 0.6 is 0 Å². The highest BCUT2D eigenvalue weighted by atomic mass is 16.6. The third-order valence-electron chi connectivity index (χ3n) is 2.16. The van der Waals surface area contributed by atoms with Gasteiger partial charge in [-0.05, 0) is 19.3 Å². The van der Waals surface area contributed by atoms with Gasteiger partial charge in [0.2, 0.25) is 0 Å². The van der Waals surface area contributed by atoms with Gasteiger partial charge in [0.05, 0.1) is 0 Å². The quantitative estimate of drug-likeness (QED) is 0.494. The number of carbonyl (C=O) groups excluding carboxylic acids is 2. The number of rotatable bonds is 9. The van der Waals surface area contributed by atoms with Gasteiger partial charge in [0.25, 0.3) is 0 Å². The van der Waals surface area contributed by atoms with Gasteiger partial charge in [0, 0.05) is 25.9 Å². The van der Waals surface area contributed by atoms with Crippen LogP contribution in [0.2, 0.25) is 0 Å². The molecule has 0 fully saturated rings. The molecule has 0 radical (unpaired) electrons. The second kappa shape index (κ2) is 10.4. The van der Waals surface area contributed by atoms with Crippen molar-refractivity contribution in [1.82, 2.24) is 0 Å². The predicted octanol–water partition coefficient (Wildman–Crippen LogP) is 2.17. The van der Waals surface area contributed by atoms with Crippen molar-refractivity contribution in [2.24, 2.45) is 0 Å². The van der Waals surface area contributed by atoms with E-state index in [0.29, 0.717) is 19.3 Å². The van der Waals surface area contributed by atoms with Crippen LogP contribution in [0.4, 0.5) is 0 Å². The van der Waals surface area contributed by atoms with Crippen molar-refractivity contribution < 1.29 is 29.3 Å². The van der Waals surface area contributed by atoms with Crippen LogP contribution in [0.15, 0.2) is 11.7 Å². The first-order chi connectivity index (χ1) is 9.04. The summed E-state index contributed by atoms with van der Waals surface area (Å²) in [5.41, 5.74) is 0. The van der Waals surface area contributed by atoms with Crippen LogP contribution in [0.25, 0.3) is 0 Å². The van der Waals surface area contributed by atoms with E-state index in [9.17, 15) is 14.7 Å². The maximum absolute atomic E-state index is 11.4. The van der Waals surface area contributed by atoms with Gasteiger partial charge in [0.15, 0.2) is 5.76 Å². The van der Waals surface area contributed by atoms with Crippen LogP contribution in [-0.4, -0.2) is 28.8 Å². The van der Waals surface area contributed by atoms with Gasteiger partial charge < -0.3 is 19.7 Å². The molecule has 2 N–H and O–H groups in total. The predicted molar refractivity (Wildman–Crippen MR) is 68.0 cm³/mol. The Morgan fingerprint density at radius 1 is 0.947 bits per heavy atom. The van der Waals surface area contributed by atoms with Crippen molar-refractivity contribution in [1.29, 1.82) is 0 Å². The number of ether oxygens (including phenoxy) is 2. The first kappa shape index (κ1) is 17.4. The van der Waals surface area contributed by atoms with E-state index in [1.54, 1.807) is 6.92 Å². The van der Waals surface area contributed by atoms with Crippen LogP contribution in [-0.2, 0) is 19.1 Å². The van der Waals surface area contributed by atoms with Crippen LogP contribution in [0, 0.1) is 0 Å². The number of aliphatic hydroxyl groups is 2. The fraction of sp³-hybridized carbons (Fsp3) is 0.692. The summed E-state index contributed by atoms with van der Waals surface area (Å²) in [4.78, 5) is 22.6. The largest absolute Gasteiger partial charge is 0.478 e. The Morgan fingerprint density at radius 2 is 1.47 bits per heavy atom. The Balaban J connectivity index is 4.67. The van der Waals surface area contributed by atoms with E-state index < -0.39 is 17.9 Å². The summed E-state index contributed by atoms with van der Waals surface area (Å²) in [7, 11) is 0. The molecule has 19 heavy (non-hydrogen) atoms. The minimum atomic E-state index is -0.698. The van der Waals surface area contributed by atoms with Gasteiger partial charge in [-0.1, -0.05) is 13.8 Å². The molecule has 0 aliphatic heterocycles. The number of carbonyl (C=O) groups is 2. The zero-order valence-corrected chi connectivity index (χ0v) is 11.5. The molecule has 0 aliphatic carbocycles. The van der Waals surface area contributed by atoms with Crippen molar-refractivity contribution >= 4 is 11.9 Å². The van der Waals surface area contributed by atoms with Crippen molar-refractivity contribution in [3.8, 4) is 0 Å². The topological polar surface area (TPSA) is 93.1 Å². The summed E-state index contributed by atoms with van der Waals surface area (Å²) in [5, 5.41) is 18.4. The lowest BCUT2D eigenvalue weighted by atomic mass is 10.3. The highest BCUT2D eigenvalue weighted by Gasteiger charge is 2.16. The van der Waals surface area contributed by atoms with Gasteiger partial charge in [-0.25, -0.2) is 0 Å². The Kier molecular flexibility index (Phi) is 9.52. The summed E-state index contributed by atoms with van der Waals surface area (Å²) in [5.74, 6) is -1.91. The van der Waals surface area contributed by atoms with Crippen molar-refractivity contribution in [3.05, 3.63) is 11.7 Å². The fourth-order valence-corrected chi connectivity index (χ4v) is 1.25. The molecule has 0 heterocycles. The molecule has 0 saturated heterocycles. The lowest BCUT2D eigenvalue weighted by Gasteiger charge is -2.10. The summed E-state index contributed by atoms with van der Waals surface area (Å²) in [6, 6.07) is 0. The van der Waals surface area contributed by atoms with Crippen molar-refractivity contribution in [3.63, 3.8) is 0 Å². The first-order valence-electron chi connectivity index (χ1n) is 6.49. The third kappa shape index (κ3) is 8.20. The molecule has 0 aromatic carbocycles. The molecule has 0 unspecified atom stereocenters. The Bertz CT molecular complexity index is 321. The van der Waals surface area contributed by atoms with Crippen molar-refractivity contribution in [2.75, 3.05) is 6.61 Å². The maximum atomic E-state index is 11.4. The maximum Gasteiger partial charge on any atom is 0.325 e. The fourth-order valence-electron chi connectivity index (χ4n) is 1.25. The third-order valence-corrected chi connectivity index (χ3v) is 2.16. The number of allylic oxidation sites excluding steroid dienone is 1. The molecule has 6 heteroatoms. The molecule has 0 rings (SSSR count). The number of hydrogen-bond donors (Lipinski definition) is 2. The Morgan fingerprint density at radius 3 is 1.95 bits per heavy atom. The summed E-state index contributed by atoms with van der Waals surface area (Å²) < 4.78 is 9.60. The number of esters is 2. The van der Waals surface area contributed by atoms with Gasteiger partial charge in [-0.2, -0.15) is 0 Å². The molecular weight excluding hydrogens is 252 g/mol. The normalized spacial score (nSPS) is 11.7. The number of hydrogen-bond acceptors (Lipinski definition) is 6.